The molecule has 0 aliphatic rings. The lowest BCUT2D eigenvalue weighted by Gasteiger charge is -2.05. The fourth-order valence-corrected chi connectivity index (χ4v) is 3.82. The van der Waals surface area contributed by atoms with Crippen LogP contribution in [0, 0.1) is 0 Å². The van der Waals surface area contributed by atoms with E-state index in [1.165, 1.54) is 33.0 Å². The second kappa shape index (κ2) is 8.97. The van der Waals surface area contributed by atoms with Crippen molar-refractivity contribution in [2.45, 2.75) is 13.8 Å². The molecule has 4 aromatic carbocycles. The van der Waals surface area contributed by atoms with Gasteiger partial charge in [-0.05, 0) is 70.8 Å². The molecule has 31 heavy (non-hydrogen) atoms. The average molecular weight is 410 g/mol. The fourth-order valence-electron chi connectivity index (χ4n) is 3.82. The number of aromatic amines is 1. The zero-order valence-corrected chi connectivity index (χ0v) is 18.4. The lowest BCUT2D eigenvalue weighted by atomic mass is 10.00. The van der Waals surface area contributed by atoms with E-state index in [1.807, 2.05) is 38.1 Å². The van der Waals surface area contributed by atoms with E-state index in [2.05, 4.69) is 65.6 Å². The standard InChI is InChI=1S/C26H21NO2.C2H6/c1-28-21-9-3-17(4-10-21)19-7-13-25-23(15-19)24-16-20(8-14-26(24)27-25)18-5-11-22(29-2)12-6-18;1-2/h3-16,27H,1-2H3;1-2H3. The molecule has 5 rings (SSSR count). The summed E-state index contributed by atoms with van der Waals surface area (Å²) >= 11 is 0. The van der Waals surface area contributed by atoms with Gasteiger partial charge in [-0.2, -0.15) is 0 Å². The molecule has 0 aliphatic carbocycles. The zero-order valence-electron chi connectivity index (χ0n) is 18.4. The molecule has 0 unspecified atom stereocenters. The maximum atomic E-state index is 5.28. The van der Waals surface area contributed by atoms with Crippen molar-refractivity contribution in [1.29, 1.82) is 0 Å². The molecular weight excluding hydrogens is 382 g/mol. The van der Waals surface area contributed by atoms with Gasteiger partial charge in [0.25, 0.3) is 0 Å². The van der Waals surface area contributed by atoms with Crippen LogP contribution in [0.2, 0.25) is 0 Å². The summed E-state index contributed by atoms with van der Waals surface area (Å²) in [5, 5.41) is 2.45. The van der Waals surface area contributed by atoms with Crippen LogP contribution < -0.4 is 9.47 Å². The molecule has 0 spiro atoms. The first-order valence-corrected chi connectivity index (χ1v) is 10.6. The van der Waals surface area contributed by atoms with Crippen molar-refractivity contribution in [3.8, 4) is 33.8 Å². The van der Waals surface area contributed by atoms with E-state index in [0.29, 0.717) is 0 Å². The first-order valence-electron chi connectivity index (χ1n) is 10.6. The van der Waals surface area contributed by atoms with Gasteiger partial charge >= 0.3 is 0 Å². The molecule has 0 saturated heterocycles. The molecule has 3 nitrogen and oxygen atoms in total. The Kier molecular flexibility index (Phi) is 5.94. The normalized spacial score (nSPS) is 10.6. The highest BCUT2D eigenvalue weighted by molar-refractivity contribution is 6.09. The van der Waals surface area contributed by atoms with E-state index >= 15 is 0 Å². The number of fused-ring (bicyclic) bond motifs is 3. The number of rotatable bonds is 4. The van der Waals surface area contributed by atoms with Crippen molar-refractivity contribution < 1.29 is 9.47 Å². The third-order valence-electron chi connectivity index (χ3n) is 5.45. The minimum absolute atomic E-state index is 0.867. The molecule has 156 valence electrons. The molecule has 0 radical (unpaired) electrons. The van der Waals surface area contributed by atoms with E-state index in [-0.39, 0.29) is 0 Å². The maximum Gasteiger partial charge on any atom is 0.118 e. The zero-order chi connectivity index (χ0) is 21.8. The minimum atomic E-state index is 0.867. The summed E-state index contributed by atoms with van der Waals surface area (Å²) in [6, 6.07) is 29.5. The van der Waals surface area contributed by atoms with Gasteiger partial charge in [-0.25, -0.2) is 0 Å². The third kappa shape index (κ3) is 3.99. The van der Waals surface area contributed by atoms with E-state index < -0.39 is 0 Å². The lowest BCUT2D eigenvalue weighted by Crippen LogP contribution is -1.83. The van der Waals surface area contributed by atoms with Crippen LogP contribution >= 0.6 is 0 Å². The molecule has 0 amide bonds. The number of nitrogens with one attached hydrogen (secondary N) is 1. The summed E-state index contributed by atoms with van der Waals surface area (Å²) in [5.74, 6) is 1.73. The first kappa shape index (κ1) is 20.5. The van der Waals surface area contributed by atoms with Crippen molar-refractivity contribution >= 4 is 21.8 Å². The number of hydrogen-bond donors (Lipinski definition) is 1. The highest BCUT2D eigenvalue weighted by atomic mass is 16.5. The van der Waals surface area contributed by atoms with Gasteiger partial charge < -0.3 is 14.5 Å². The first-order chi connectivity index (χ1) is 15.2. The Bertz CT molecular complexity index is 1200. The van der Waals surface area contributed by atoms with Gasteiger partial charge in [-0.15, -0.1) is 0 Å². The van der Waals surface area contributed by atoms with E-state index in [1.54, 1.807) is 14.2 Å². The maximum absolute atomic E-state index is 5.28. The Balaban J connectivity index is 0.00000112. The van der Waals surface area contributed by atoms with Crippen molar-refractivity contribution in [3.05, 3.63) is 84.9 Å². The number of H-pyrrole nitrogens is 1. The van der Waals surface area contributed by atoms with Crippen molar-refractivity contribution in [2.75, 3.05) is 14.2 Å². The van der Waals surface area contributed by atoms with Crippen LogP contribution in [0.25, 0.3) is 44.1 Å². The summed E-state index contributed by atoms with van der Waals surface area (Å²) in [6.45, 7) is 4.00. The van der Waals surface area contributed by atoms with Gasteiger partial charge in [-0.3, -0.25) is 0 Å². The molecule has 1 aromatic heterocycles. The summed E-state index contributed by atoms with van der Waals surface area (Å²) < 4.78 is 10.6. The third-order valence-corrected chi connectivity index (χ3v) is 5.45. The SMILES string of the molecule is CC.COc1ccc(-c2ccc3[nH]c4ccc(-c5ccc(OC)cc5)cc4c3c2)cc1. The van der Waals surface area contributed by atoms with Gasteiger partial charge in [0.1, 0.15) is 11.5 Å². The molecule has 0 saturated carbocycles. The predicted molar refractivity (Wildman–Crippen MR) is 131 cm³/mol. The highest BCUT2D eigenvalue weighted by Gasteiger charge is 2.08. The summed E-state index contributed by atoms with van der Waals surface area (Å²) in [5.41, 5.74) is 7.02. The van der Waals surface area contributed by atoms with Crippen LogP contribution in [-0.2, 0) is 0 Å². The number of methoxy groups -OCH3 is 2. The average Bonchev–Trinajstić information content (AvgIpc) is 3.22. The van der Waals surface area contributed by atoms with Crippen LogP contribution in [-0.4, -0.2) is 19.2 Å². The van der Waals surface area contributed by atoms with Crippen LogP contribution in [0.5, 0.6) is 11.5 Å². The fraction of sp³-hybridized carbons (Fsp3) is 0.143. The van der Waals surface area contributed by atoms with Crippen molar-refractivity contribution in [2.24, 2.45) is 0 Å². The van der Waals surface area contributed by atoms with Crippen LogP contribution in [0.1, 0.15) is 13.8 Å². The predicted octanol–water partition coefficient (Wildman–Crippen LogP) is 7.70. The summed E-state index contributed by atoms with van der Waals surface area (Å²) in [6.07, 6.45) is 0. The minimum Gasteiger partial charge on any atom is -0.497 e. The molecular formula is C28H27NO2. The Morgan fingerprint density at radius 1 is 0.484 bits per heavy atom. The lowest BCUT2D eigenvalue weighted by molar-refractivity contribution is 0.415. The summed E-state index contributed by atoms with van der Waals surface area (Å²) in [7, 11) is 3.38. The quantitative estimate of drug-likeness (QED) is 0.330. The number of hydrogen-bond acceptors (Lipinski definition) is 2. The Morgan fingerprint density at radius 3 is 1.19 bits per heavy atom. The van der Waals surface area contributed by atoms with Crippen molar-refractivity contribution in [1.82, 2.24) is 4.98 Å². The van der Waals surface area contributed by atoms with Gasteiger partial charge in [0.05, 0.1) is 14.2 Å². The Labute approximate surface area is 183 Å². The van der Waals surface area contributed by atoms with E-state index in [0.717, 1.165) is 22.5 Å². The second-order valence-corrected chi connectivity index (χ2v) is 7.10. The van der Waals surface area contributed by atoms with E-state index in [4.69, 9.17) is 9.47 Å². The molecule has 0 fully saturated rings. The molecule has 1 N–H and O–H groups in total. The number of benzene rings is 4. The van der Waals surface area contributed by atoms with Gasteiger partial charge in [0.15, 0.2) is 0 Å². The molecule has 0 atom stereocenters. The van der Waals surface area contributed by atoms with Gasteiger partial charge in [0.2, 0.25) is 0 Å². The van der Waals surface area contributed by atoms with Crippen LogP contribution in [0.3, 0.4) is 0 Å². The highest BCUT2D eigenvalue weighted by Crippen LogP contribution is 2.33. The monoisotopic (exact) mass is 409 g/mol. The second-order valence-electron chi connectivity index (χ2n) is 7.10. The van der Waals surface area contributed by atoms with Gasteiger partial charge in [-0.1, -0.05) is 50.2 Å². The smallest absolute Gasteiger partial charge is 0.118 e. The largest absolute Gasteiger partial charge is 0.497 e. The molecule has 1 heterocycles. The Morgan fingerprint density at radius 2 is 0.839 bits per heavy atom. The molecule has 0 aliphatic heterocycles. The molecule has 5 aromatic rings. The number of ether oxygens (including phenoxy) is 2. The summed E-state index contributed by atoms with van der Waals surface area (Å²) in [4.78, 5) is 3.53. The molecule has 0 bridgehead atoms. The van der Waals surface area contributed by atoms with Crippen LogP contribution in [0.15, 0.2) is 84.9 Å². The van der Waals surface area contributed by atoms with E-state index in [9.17, 15) is 0 Å². The van der Waals surface area contributed by atoms with Gasteiger partial charge in [0, 0.05) is 21.8 Å². The van der Waals surface area contributed by atoms with Crippen molar-refractivity contribution in [3.63, 3.8) is 0 Å². The topological polar surface area (TPSA) is 34.2 Å². The number of aromatic nitrogens is 1. The Hall–Kier alpha value is -3.72. The molecule has 3 heteroatoms. The van der Waals surface area contributed by atoms with Crippen LogP contribution in [0.4, 0.5) is 0 Å².